The van der Waals surface area contributed by atoms with Crippen LogP contribution in [0.15, 0.2) is 17.1 Å². The highest BCUT2D eigenvalue weighted by Gasteiger charge is 2.36. The fraction of sp³-hybridized carbons (Fsp3) is 0.400. The number of nitrogens with one attached hydrogen (secondary N) is 1. The summed E-state index contributed by atoms with van der Waals surface area (Å²) in [4.78, 5) is 22.9. The lowest BCUT2D eigenvalue weighted by Crippen LogP contribution is -2.36. The summed E-state index contributed by atoms with van der Waals surface area (Å²) in [6, 6.07) is 1.27. The zero-order valence-corrected chi connectivity index (χ0v) is 13.2. The van der Waals surface area contributed by atoms with Crippen molar-refractivity contribution in [2.75, 3.05) is 13.7 Å². The second-order valence-electron chi connectivity index (χ2n) is 5.62. The van der Waals surface area contributed by atoms with Crippen molar-refractivity contribution in [3.8, 4) is 5.88 Å². The number of ether oxygens (including phenoxy) is 1. The minimum Gasteiger partial charge on any atom is -0.481 e. The number of fused-ring (bicyclic) bond motifs is 1. The van der Waals surface area contributed by atoms with Crippen LogP contribution in [0.5, 0.6) is 5.88 Å². The van der Waals surface area contributed by atoms with Gasteiger partial charge in [-0.25, -0.2) is 14.4 Å². The SMILES string of the molecule is COc1ncc(F)cc1CN1CCc2nc(C(F)(F)F)[nH]c(=O)c2C1. The third-order valence-electron chi connectivity index (χ3n) is 3.90. The predicted molar refractivity (Wildman–Crippen MR) is 78.4 cm³/mol. The van der Waals surface area contributed by atoms with Crippen LogP contribution in [0.25, 0.3) is 0 Å². The highest BCUT2D eigenvalue weighted by Crippen LogP contribution is 2.27. The van der Waals surface area contributed by atoms with Gasteiger partial charge in [-0.3, -0.25) is 9.69 Å². The Hall–Kier alpha value is -2.49. The summed E-state index contributed by atoms with van der Waals surface area (Å²) in [5.41, 5.74) is -0.00663. The summed E-state index contributed by atoms with van der Waals surface area (Å²) in [6.07, 6.45) is -3.49. The van der Waals surface area contributed by atoms with Crippen molar-refractivity contribution in [2.45, 2.75) is 25.7 Å². The summed E-state index contributed by atoms with van der Waals surface area (Å²) < 4.78 is 56.6. The number of halogens is 4. The zero-order chi connectivity index (χ0) is 18.2. The van der Waals surface area contributed by atoms with E-state index >= 15 is 0 Å². The molecule has 3 rings (SSSR count). The van der Waals surface area contributed by atoms with Gasteiger partial charge in [0.05, 0.1) is 24.6 Å². The van der Waals surface area contributed by atoms with Crippen LogP contribution >= 0.6 is 0 Å². The van der Waals surface area contributed by atoms with Crippen LogP contribution in [0.1, 0.15) is 22.6 Å². The summed E-state index contributed by atoms with van der Waals surface area (Å²) >= 11 is 0. The minimum absolute atomic E-state index is 0.107. The molecule has 10 heteroatoms. The van der Waals surface area contributed by atoms with Crippen molar-refractivity contribution in [1.29, 1.82) is 0 Å². The first-order valence-corrected chi connectivity index (χ1v) is 7.38. The molecule has 25 heavy (non-hydrogen) atoms. The highest BCUT2D eigenvalue weighted by molar-refractivity contribution is 5.27. The number of alkyl halides is 3. The van der Waals surface area contributed by atoms with Crippen LogP contribution in [-0.2, 0) is 25.7 Å². The lowest BCUT2D eigenvalue weighted by Gasteiger charge is -2.28. The molecule has 1 N–H and O–H groups in total. The quantitative estimate of drug-likeness (QED) is 0.849. The second kappa shape index (κ2) is 6.43. The molecule has 2 aromatic rings. The van der Waals surface area contributed by atoms with E-state index in [4.69, 9.17) is 4.74 Å². The number of pyridine rings is 1. The molecule has 0 atom stereocenters. The molecule has 0 fully saturated rings. The van der Waals surface area contributed by atoms with Crippen molar-refractivity contribution in [3.05, 3.63) is 51.1 Å². The fourth-order valence-corrected chi connectivity index (χ4v) is 2.76. The maximum Gasteiger partial charge on any atom is 0.449 e. The van der Waals surface area contributed by atoms with Gasteiger partial charge in [0.25, 0.3) is 5.56 Å². The maximum atomic E-state index is 13.4. The van der Waals surface area contributed by atoms with Crippen LogP contribution in [-0.4, -0.2) is 33.5 Å². The summed E-state index contributed by atoms with van der Waals surface area (Å²) in [5.74, 6) is -1.56. The molecule has 0 amide bonds. The summed E-state index contributed by atoms with van der Waals surface area (Å²) in [7, 11) is 1.41. The number of hydrogen-bond acceptors (Lipinski definition) is 5. The van der Waals surface area contributed by atoms with Gasteiger partial charge in [-0.2, -0.15) is 13.2 Å². The van der Waals surface area contributed by atoms with Gasteiger partial charge in [-0.05, 0) is 6.07 Å². The molecule has 2 aromatic heterocycles. The van der Waals surface area contributed by atoms with E-state index in [2.05, 4.69) is 9.97 Å². The average Bonchev–Trinajstić information content (AvgIpc) is 2.54. The van der Waals surface area contributed by atoms with Crippen LogP contribution < -0.4 is 10.3 Å². The smallest absolute Gasteiger partial charge is 0.449 e. The van der Waals surface area contributed by atoms with Crippen LogP contribution in [0.2, 0.25) is 0 Å². The van der Waals surface area contributed by atoms with Crippen LogP contribution in [0.3, 0.4) is 0 Å². The van der Waals surface area contributed by atoms with E-state index < -0.39 is 23.4 Å². The van der Waals surface area contributed by atoms with E-state index in [0.717, 1.165) is 6.20 Å². The lowest BCUT2D eigenvalue weighted by atomic mass is 10.1. The normalized spacial score (nSPS) is 15.1. The third kappa shape index (κ3) is 3.63. The van der Waals surface area contributed by atoms with Gasteiger partial charge < -0.3 is 9.72 Å². The van der Waals surface area contributed by atoms with E-state index in [1.54, 1.807) is 9.88 Å². The molecule has 0 saturated carbocycles. The van der Waals surface area contributed by atoms with Crippen molar-refractivity contribution >= 4 is 0 Å². The van der Waals surface area contributed by atoms with E-state index in [1.807, 2.05) is 0 Å². The van der Waals surface area contributed by atoms with E-state index in [0.29, 0.717) is 12.1 Å². The first kappa shape index (κ1) is 17.3. The molecule has 0 spiro atoms. The van der Waals surface area contributed by atoms with E-state index in [9.17, 15) is 22.4 Å². The number of aromatic amines is 1. The summed E-state index contributed by atoms with van der Waals surface area (Å²) in [6.45, 7) is 0.726. The summed E-state index contributed by atoms with van der Waals surface area (Å²) in [5, 5.41) is 0. The van der Waals surface area contributed by atoms with Crippen molar-refractivity contribution in [2.24, 2.45) is 0 Å². The molecule has 0 radical (unpaired) electrons. The van der Waals surface area contributed by atoms with Gasteiger partial charge in [0, 0.05) is 31.6 Å². The average molecular weight is 358 g/mol. The molecule has 0 bridgehead atoms. The highest BCUT2D eigenvalue weighted by atomic mass is 19.4. The Bertz CT molecular complexity index is 850. The van der Waals surface area contributed by atoms with Crippen molar-refractivity contribution in [3.63, 3.8) is 0 Å². The Morgan fingerprint density at radius 2 is 2.16 bits per heavy atom. The monoisotopic (exact) mass is 358 g/mol. The van der Waals surface area contributed by atoms with Crippen LogP contribution in [0.4, 0.5) is 17.6 Å². The van der Waals surface area contributed by atoms with Gasteiger partial charge in [0.2, 0.25) is 11.7 Å². The third-order valence-corrected chi connectivity index (χ3v) is 3.90. The van der Waals surface area contributed by atoms with Crippen molar-refractivity contribution < 1.29 is 22.3 Å². The minimum atomic E-state index is -4.70. The standard InChI is InChI=1S/C15H14F4N4O2/c1-25-13-8(4-9(16)5-20-13)6-23-3-2-11-10(7-23)12(24)22-14(21-11)15(17,18)19/h4-5H,2-3,6-7H2,1H3,(H,21,22,24). The molecule has 134 valence electrons. The van der Waals surface area contributed by atoms with Gasteiger partial charge in [-0.15, -0.1) is 0 Å². The molecule has 3 heterocycles. The number of methoxy groups -OCH3 is 1. The van der Waals surface area contributed by atoms with Gasteiger partial charge in [-0.1, -0.05) is 0 Å². The van der Waals surface area contributed by atoms with E-state index in [-0.39, 0.29) is 36.6 Å². The Morgan fingerprint density at radius 1 is 1.40 bits per heavy atom. The Morgan fingerprint density at radius 3 is 2.84 bits per heavy atom. The number of H-pyrrole nitrogens is 1. The molecular formula is C15H14F4N4O2. The van der Waals surface area contributed by atoms with Gasteiger partial charge in [0.1, 0.15) is 5.82 Å². The molecule has 1 aliphatic heterocycles. The largest absolute Gasteiger partial charge is 0.481 e. The Kier molecular flexibility index (Phi) is 4.46. The predicted octanol–water partition coefficient (Wildman–Crippen LogP) is 1.89. The Balaban J connectivity index is 1.85. The molecular weight excluding hydrogens is 344 g/mol. The lowest BCUT2D eigenvalue weighted by molar-refractivity contribution is -0.145. The zero-order valence-electron chi connectivity index (χ0n) is 13.2. The number of hydrogen-bond donors (Lipinski definition) is 1. The molecule has 0 saturated heterocycles. The topological polar surface area (TPSA) is 71.1 Å². The number of aromatic nitrogens is 3. The maximum absolute atomic E-state index is 13.4. The first-order chi connectivity index (χ1) is 11.8. The first-order valence-electron chi connectivity index (χ1n) is 7.38. The van der Waals surface area contributed by atoms with E-state index in [1.165, 1.54) is 13.2 Å². The molecule has 0 unspecified atom stereocenters. The van der Waals surface area contributed by atoms with Crippen molar-refractivity contribution in [1.82, 2.24) is 19.9 Å². The van der Waals surface area contributed by atoms with Crippen LogP contribution in [0, 0.1) is 5.82 Å². The molecule has 1 aliphatic rings. The molecule has 0 aromatic carbocycles. The number of nitrogens with zero attached hydrogens (tertiary/aromatic N) is 3. The number of rotatable bonds is 3. The Labute approximate surface area is 139 Å². The second-order valence-corrected chi connectivity index (χ2v) is 5.62. The van der Waals surface area contributed by atoms with Gasteiger partial charge in [0.15, 0.2) is 0 Å². The molecule has 6 nitrogen and oxygen atoms in total. The fourth-order valence-electron chi connectivity index (χ4n) is 2.76. The molecule has 0 aliphatic carbocycles. The van der Waals surface area contributed by atoms with Gasteiger partial charge >= 0.3 is 6.18 Å².